The molecule has 0 saturated carbocycles. The fraction of sp³-hybridized carbons (Fsp3) is 0.500. The Kier molecular flexibility index (Phi) is 3.97. The standard InChI is InChI=1S/C14H19FN2O/c1-9(2)17-14(18)13-8-16-7-12(13)10-3-5-11(15)6-4-10/h3-6,9,12-13,16H,7-8H2,1-2H3,(H,17,18). The van der Waals surface area contributed by atoms with E-state index in [9.17, 15) is 9.18 Å². The first-order valence-corrected chi connectivity index (χ1v) is 6.34. The van der Waals surface area contributed by atoms with E-state index in [1.54, 1.807) is 12.1 Å². The number of halogens is 1. The molecule has 1 aliphatic rings. The van der Waals surface area contributed by atoms with Crippen molar-refractivity contribution in [1.29, 1.82) is 0 Å². The van der Waals surface area contributed by atoms with Crippen LogP contribution in [0.25, 0.3) is 0 Å². The average Bonchev–Trinajstić information content (AvgIpc) is 2.78. The van der Waals surface area contributed by atoms with Gasteiger partial charge in [0.1, 0.15) is 5.82 Å². The highest BCUT2D eigenvalue weighted by Crippen LogP contribution is 2.28. The van der Waals surface area contributed by atoms with Crippen LogP contribution >= 0.6 is 0 Å². The maximum Gasteiger partial charge on any atom is 0.225 e. The summed E-state index contributed by atoms with van der Waals surface area (Å²) in [5.74, 6) is -0.112. The highest BCUT2D eigenvalue weighted by Gasteiger charge is 2.33. The second-order valence-corrected chi connectivity index (χ2v) is 5.09. The molecule has 2 unspecified atom stereocenters. The van der Waals surface area contributed by atoms with Gasteiger partial charge >= 0.3 is 0 Å². The third-order valence-corrected chi connectivity index (χ3v) is 3.28. The molecule has 1 heterocycles. The molecule has 0 aliphatic carbocycles. The number of carbonyl (C=O) groups is 1. The number of amides is 1. The van der Waals surface area contributed by atoms with E-state index >= 15 is 0 Å². The molecule has 1 aromatic rings. The highest BCUT2D eigenvalue weighted by atomic mass is 19.1. The molecule has 3 nitrogen and oxygen atoms in total. The van der Waals surface area contributed by atoms with Gasteiger partial charge in [0, 0.05) is 25.0 Å². The third kappa shape index (κ3) is 2.88. The minimum atomic E-state index is -0.243. The molecular weight excluding hydrogens is 231 g/mol. The second-order valence-electron chi connectivity index (χ2n) is 5.09. The van der Waals surface area contributed by atoms with Crippen molar-refractivity contribution in [3.05, 3.63) is 35.6 Å². The molecule has 0 aromatic heterocycles. The molecule has 2 N–H and O–H groups in total. The molecule has 0 radical (unpaired) electrons. The number of hydrogen-bond acceptors (Lipinski definition) is 2. The van der Waals surface area contributed by atoms with Gasteiger partial charge < -0.3 is 10.6 Å². The van der Waals surface area contributed by atoms with Gasteiger partial charge in [-0.25, -0.2) is 4.39 Å². The van der Waals surface area contributed by atoms with Gasteiger partial charge in [0.05, 0.1) is 5.92 Å². The zero-order valence-electron chi connectivity index (χ0n) is 10.7. The molecule has 4 heteroatoms. The molecule has 2 atom stereocenters. The zero-order chi connectivity index (χ0) is 13.1. The molecule has 1 aromatic carbocycles. The Bertz CT molecular complexity index is 416. The number of carbonyl (C=O) groups excluding carboxylic acids is 1. The van der Waals surface area contributed by atoms with Crippen molar-refractivity contribution >= 4 is 5.91 Å². The van der Waals surface area contributed by atoms with E-state index in [1.807, 2.05) is 13.8 Å². The van der Waals surface area contributed by atoms with E-state index in [-0.39, 0.29) is 29.6 Å². The Hall–Kier alpha value is -1.42. The highest BCUT2D eigenvalue weighted by molar-refractivity contribution is 5.80. The summed E-state index contributed by atoms with van der Waals surface area (Å²) in [5, 5.41) is 6.18. The molecule has 2 rings (SSSR count). The molecule has 98 valence electrons. The van der Waals surface area contributed by atoms with E-state index in [0.29, 0.717) is 6.54 Å². The van der Waals surface area contributed by atoms with Crippen LogP contribution in [0.4, 0.5) is 4.39 Å². The van der Waals surface area contributed by atoms with Crippen molar-refractivity contribution in [2.75, 3.05) is 13.1 Å². The van der Waals surface area contributed by atoms with Crippen molar-refractivity contribution in [2.45, 2.75) is 25.8 Å². The maximum absolute atomic E-state index is 12.9. The van der Waals surface area contributed by atoms with E-state index < -0.39 is 0 Å². The number of hydrogen-bond donors (Lipinski definition) is 2. The topological polar surface area (TPSA) is 41.1 Å². The van der Waals surface area contributed by atoms with Crippen LogP contribution in [-0.4, -0.2) is 25.0 Å². The van der Waals surface area contributed by atoms with Crippen molar-refractivity contribution in [3.63, 3.8) is 0 Å². The lowest BCUT2D eigenvalue weighted by Gasteiger charge is -2.20. The zero-order valence-corrected chi connectivity index (χ0v) is 10.7. The first kappa shape index (κ1) is 13.0. The van der Waals surface area contributed by atoms with Crippen LogP contribution in [0.1, 0.15) is 25.3 Å². The fourth-order valence-electron chi connectivity index (χ4n) is 2.41. The molecule has 1 saturated heterocycles. The molecule has 1 amide bonds. The predicted octanol–water partition coefficient (Wildman–Crippen LogP) is 1.65. The van der Waals surface area contributed by atoms with E-state index in [0.717, 1.165) is 12.1 Å². The van der Waals surface area contributed by atoms with Crippen LogP contribution in [0, 0.1) is 11.7 Å². The first-order chi connectivity index (χ1) is 8.58. The molecular formula is C14H19FN2O. The van der Waals surface area contributed by atoms with Crippen molar-refractivity contribution in [3.8, 4) is 0 Å². The van der Waals surface area contributed by atoms with Gasteiger partial charge in [0.2, 0.25) is 5.91 Å². The minimum absolute atomic E-state index is 0.0714. The van der Waals surface area contributed by atoms with Crippen LogP contribution in [0.5, 0.6) is 0 Å². The molecule has 0 bridgehead atoms. The van der Waals surface area contributed by atoms with Crippen LogP contribution in [0.3, 0.4) is 0 Å². The summed E-state index contributed by atoms with van der Waals surface area (Å²) in [6.07, 6.45) is 0. The lowest BCUT2D eigenvalue weighted by molar-refractivity contribution is -0.125. The monoisotopic (exact) mass is 250 g/mol. The Morgan fingerprint density at radius 3 is 2.61 bits per heavy atom. The Labute approximate surface area is 107 Å². The third-order valence-electron chi connectivity index (χ3n) is 3.28. The van der Waals surface area contributed by atoms with Gasteiger partial charge in [-0.2, -0.15) is 0 Å². The number of nitrogens with one attached hydrogen (secondary N) is 2. The molecule has 1 fully saturated rings. The molecule has 0 spiro atoms. The number of benzene rings is 1. The predicted molar refractivity (Wildman–Crippen MR) is 68.8 cm³/mol. The summed E-state index contributed by atoms with van der Waals surface area (Å²) in [6.45, 7) is 5.35. The first-order valence-electron chi connectivity index (χ1n) is 6.34. The van der Waals surface area contributed by atoms with Crippen LogP contribution in [-0.2, 0) is 4.79 Å². The van der Waals surface area contributed by atoms with Crippen LogP contribution < -0.4 is 10.6 Å². The summed E-state index contributed by atoms with van der Waals surface area (Å²) >= 11 is 0. The summed E-state index contributed by atoms with van der Waals surface area (Å²) in [6, 6.07) is 6.58. The van der Waals surface area contributed by atoms with Crippen LogP contribution in [0.15, 0.2) is 24.3 Å². The summed E-state index contributed by atoms with van der Waals surface area (Å²) in [7, 11) is 0. The minimum Gasteiger partial charge on any atom is -0.354 e. The summed E-state index contributed by atoms with van der Waals surface area (Å²) < 4.78 is 12.9. The Morgan fingerprint density at radius 2 is 2.00 bits per heavy atom. The van der Waals surface area contributed by atoms with Gasteiger partial charge in [0.25, 0.3) is 0 Å². The van der Waals surface area contributed by atoms with Gasteiger partial charge in [-0.15, -0.1) is 0 Å². The quantitative estimate of drug-likeness (QED) is 0.856. The normalized spacial score (nSPS) is 23.3. The van der Waals surface area contributed by atoms with Crippen LogP contribution in [0.2, 0.25) is 0 Å². The molecule has 18 heavy (non-hydrogen) atoms. The lowest BCUT2D eigenvalue weighted by Crippen LogP contribution is -2.38. The summed E-state index contributed by atoms with van der Waals surface area (Å²) in [4.78, 5) is 12.1. The van der Waals surface area contributed by atoms with Crippen molar-refractivity contribution in [2.24, 2.45) is 5.92 Å². The second kappa shape index (κ2) is 5.48. The lowest BCUT2D eigenvalue weighted by atomic mass is 9.88. The largest absolute Gasteiger partial charge is 0.354 e. The van der Waals surface area contributed by atoms with Crippen molar-refractivity contribution in [1.82, 2.24) is 10.6 Å². The van der Waals surface area contributed by atoms with Gasteiger partial charge in [-0.05, 0) is 31.5 Å². The Morgan fingerprint density at radius 1 is 1.33 bits per heavy atom. The SMILES string of the molecule is CC(C)NC(=O)C1CNCC1c1ccc(F)cc1. The average molecular weight is 250 g/mol. The maximum atomic E-state index is 12.9. The van der Waals surface area contributed by atoms with Crippen molar-refractivity contribution < 1.29 is 9.18 Å². The van der Waals surface area contributed by atoms with E-state index in [1.165, 1.54) is 12.1 Å². The van der Waals surface area contributed by atoms with Gasteiger partial charge in [0.15, 0.2) is 0 Å². The van der Waals surface area contributed by atoms with E-state index in [2.05, 4.69) is 10.6 Å². The fourth-order valence-corrected chi connectivity index (χ4v) is 2.41. The van der Waals surface area contributed by atoms with Gasteiger partial charge in [-0.1, -0.05) is 12.1 Å². The van der Waals surface area contributed by atoms with Gasteiger partial charge in [-0.3, -0.25) is 4.79 Å². The molecule has 1 aliphatic heterocycles. The number of rotatable bonds is 3. The summed E-state index contributed by atoms with van der Waals surface area (Å²) in [5.41, 5.74) is 1.02. The Balaban J connectivity index is 2.12. The van der Waals surface area contributed by atoms with E-state index in [4.69, 9.17) is 0 Å². The smallest absolute Gasteiger partial charge is 0.225 e.